The molecule has 11 heteroatoms. The molecule has 3 aliphatic rings. The van der Waals surface area contributed by atoms with Gasteiger partial charge in [-0.2, -0.15) is 5.26 Å². The average Bonchev–Trinajstić information content (AvgIpc) is 3.44. The van der Waals surface area contributed by atoms with Crippen molar-refractivity contribution in [2.24, 2.45) is 24.6 Å². The lowest BCUT2D eigenvalue weighted by Crippen LogP contribution is -2.41. The Labute approximate surface area is 252 Å². The molecule has 4 aromatic heterocycles. The Bertz CT molecular complexity index is 2100. The molecule has 2 unspecified atom stereocenters. The molecule has 8 rings (SSSR count). The Balaban J connectivity index is 1.24. The number of amides is 1. The average molecular weight is 589 g/mol. The molecule has 5 heterocycles. The molecule has 3 N–H and O–H groups in total. The first kappa shape index (κ1) is 26.7. The van der Waals surface area contributed by atoms with Crippen LogP contribution in [0.4, 0.5) is 0 Å². The van der Waals surface area contributed by atoms with E-state index >= 15 is 0 Å². The summed E-state index contributed by atoms with van der Waals surface area (Å²) >= 11 is 0. The maximum absolute atomic E-state index is 13.7. The molecule has 11 nitrogen and oxygen atoms in total. The van der Waals surface area contributed by atoms with Crippen LogP contribution in [0.15, 0.2) is 47.4 Å². The van der Waals surface area contributed by atoms with Gasteiger partial charge in [-0.3, -0.25) is 9.59 Å². The van der Waals surface area contributed by atoms with Crippen molar-refractivity contribution in [3.8, 4) is 34.6 Å². The number of benzene rings is 1. The van der Waals surface area contributed by atoms with E-state index in [1.807, 2.05) is 46.8 Å². The first-order valence-electron chi connectivity index (χ1n) is 15.1. The summed E-state index contributed by atoms with van der Waals surface area (Å²) in [4.78, 5) is 40.3. The molecule has 2 aliphatic carbocycles. The maximum Gasteiger partial charge on any atom is 0.265 e. The van der Waals surface area contributed by atoms with Crippen molar-refractivity contribution in [3.63, 3.8) is 0 Å². The summed E-state index contributed by atoms with van der Waals surface area (Å²) in [6, 6.07) is 13.4. The number of ether oxygens (including phenoxy) is 1. The number of aromatic amines is 1. The van der Waals surface area contributed by atoms with Gasteiger partial charge in [-0.05, 0) is 73.9 Å². The number of imidazole rings is 1. The van der Waals surface area contributed by atoms with Gasteiger partial charge in [0, 0.05) is 54.9 Å². The lowest BCUT2D eigenvalue weighted by molar-refractivity contribution is 0.0700. The minimum absolute atomic E-state index is 0.0264. The number of nitrogens with one attached hydrogen (secondary N) is 1. The monoisotopic (exact) mass is 588 g/mol. The van der Waals surface area contributed by atoms with Gasteiger partial charge in [-0.15, -0.1) is 0 Å². The van der Waals surface area contributed by atoms with Crippen molar-refractivity contribution in [2.45, 2.75) is 44.3 Å². The molecule has 222 valence electrons. The van der Waals surface area contributed by atoms with Gasteiger partial charge in [-0.1, -0.05) is 0 Å². The summed E-state index contributed by atoms with van der Waals surface area (Å²) in [5.74, 6) is 2.25. The molecule has 44 heavy (non-hydrogen) atoms. The van der Waals surface area contributed by atoms with Gasteiger partial charge in [0.1, 0.15) is 28.5 Å². The normalized spacial score (nSPS) is 21.0. The number of aryl methyl sites for hydroxylation is 1. The van der Waals surface area contributed by atoms with Crippen LogP contribution in [0, 0.1) is 23.2 Å². The molecular weight excluding hydrogens is 556 g/mol. The van der Waals surface area contributed by atoms with Crippen molar-refractivity contribution in [2.75, 3.05) is 13.7 Å². The minimum atomic E-state index is -0.421. The molecule has 2 bridgehead atoms. The molecular formula is C33H32N8O3. The van der Waals surface area contributed by atoms with Gasteiger partial charge in [-0.25, -0.2) is 9.97 Å². The highest BCUT2D eigenvalue weighted by molar-refractivity contribution is 6.00. The van der Waals surface area contributed by atoms with Crippen LogP contribution in [0.2, 0.25) is 0 Å². The number of rotatable bonds is 6. The van der Waals surface area contributed by atoms with Crippen molar-refractivity contribution in [3.05, 3.63) is 64.1 Å². The standard InChI is InChI=1S/C33H32N8O3/c1-39-29-24(10-20(12-27(29)44-2)33(43)41-16-19-6-8-25(41)28(19)35)38-31(39)26-11-18-5-7-23(22-9-21(13-34)32(42)36-14-22)37-30(18)40(26)15-17-3-4-17/h5,7,9-12,14,17,19,25,28H,3-4,6,8,15-16,35H2,1-2H3,(H,36,42)/t19?,25?,28-/m1/s1. The molecule has 2 saturated carbocycles. The quantitative estimate of drug-likeness (QED) is 0.307. The second kappa shape index (κ2) is 9.79. The highest BCUT2D eigenvalue weighted by Crippen LogP contribution is 2.40. The summed E-state index contributed by atoms with van der Waals surface area (Å²) in [5, 5.41) is 10.3. The van der Waals surface area contributed by atoms with Crippen molar-refractivity contribution >= 4 is 28.0 Å². The summed E-state index contributed by atoms with van der Waals surface area (Å²) in [6.45, 7) is 1.50. The number of nitrogens with zero attached hydrogens (tertiary/aromatic N) is 6. The number of aromatic nitrogens is 5. The van der Waals surface area contributed by atoms with E-state index < -0.39 is 5.56 Å². The van der Waals surface area contributed by atoms with Crippen molar-refractivity contribution < 1.29 is 9.53 Å². The van der Waals surface area contributed by atoms with E-state index in [2.05, 4.69) is 15.6 Å². The van der Waals surface area contributed by atoms with E-state index in [-0.39, 0.29) is 23.6 Å². The van der Waals surface area contributed by atoms with Crippen LogP contribution in [0.25, 0.3) is 44.8 Å². The molecule has 3 atom stereocenters. The van der Waals surface area contributed by atoms with E-state index in [4.69, 9.17) is 20.4 Å². The number of methoxy groups -OCH3 is 1. The van der Waals surface area contributed by atoms with Crippen LogP contribution >= 0.6 is 0 Å². The Morgan fingerprint density at radius 2 is 2.00 bits per heavy atom. The predicted molar refractivity (Wildman–Crippen MR) is 165 cm³/mol. The molecule has 5 aromatic rings. The largest absolute Gasteiger partial charge is 0.494 e. The Morgan fingerprint density at radius 1 is 1.16 bits per heavy atom. The molecule has 1 aliphatic heterocycles. The fourth-order valence-electron chi connectivity index (χ4n) is 7.20. The fraction of sp³-hybridized carbons (Fsp3) is 0.364. The molecule has 1 aromatic carbocycles. The highest BCUT2D eigenvalue weighted by atomic mass is 16.5. The number of nitrogens with two attached hydrogens (primary N) is 1. The SMILES string of the molecule is COc1cc(C(=O)N2CC3CCC2[C@@H]3N)cc2nc(-c3cc4ccc(-c5c[nH]c(=O)c(C#N)c5)nc4n3CC3CC3)n(C)c12. The number of carbonyl (C=O) groups excluding carboxylic acids is 1. The number of hydrogen-bond acceptors (Lipinski definition) is 7. The van der Waals surface area contributed by atoms with Crippen molar-refractivity contribution in [1.29, 1.82) is 5.26 Å². The first-order chi connectivity index (χ1) is 21.3. The smallest absolute Gasteiger partial charge is 0.265 e. The molecule has 1 amide bonds. The van der Waals surface area contributed by atoms with Gasteiger partial charge in [0.05, 0.1) is 24.0 Å². The van der Waals surface area contributed by atoms with Crippen molar-refractivity contribution in [1.82, 2.24) is 29.0 Å². The number of fused-ring (bicyclic) bond motifs is 4. The summed E-state index contributed by atoms with van der Waals surface area (Å²) in [7, 11) is 3.59. The van der Waals surface area contributed by atoms with Crippen LogP contribution in [-0.2, 0) is 13.6 Å². The molecule has 1 saturated heterocycles. The maximum atomic E-state index is 13.7. The second-order valence-corrected chi connectivity index (χ2v) is 12.4. The third-order valence-corrected chi connectivity index (χ3v) is 9.75. The third-order valence-electron chi connectivity index (χ3n) is 9.75. The first-order valence-corrected chi connectivity index (χ1v) is 15.1. The molecule has 0 spiro atoms. The van der Waals surface area contributed by atoms with Crippen LogP contribution in [0.3, 0.4) is 0 Å². The molecule has 0 radical (unpaired) electrons. The topological polar surface area (TPSA) is 148 Å². The zero-order chi connectivity index (χ0) is 30.3. The van der Waals surface area contributed by atoms with Gasteiger partial charge < -0.3 is 29.5 Å². The molecule has 3 fully saturated rings. The number of H-pyrrole nitrogens is 1. The Kier molecular flexibility index (Phi) is 5.93. The number of pyridine rings is 2. The summed E-state index contributed by atoms with van der Waals surface area (Å²) in [6.07, 6.45) is 5.94. The van der Waals surface area contributed by atoms with E-state index in [9.17, 15) is 14.9 Å². The van der Waals surface area contributed by atoms with E-state index in [0.717, 1.165) is 60.3 Å². The summed E-state index contributed by atoms with van der Waals surface area (Å²) < 4.78 is 10.1. The van der Waals surface area contributed by atoms with Crippen LogP contribution < -0.4 is 16.0 Å². The predicted octanol–water partition coefficient (Wildman–Crippen LogP) is 3.80. The van der Waals surface area contributed by atoms with E-state index in [1.165, 1.54) is 0 Å². The van der Waals surface area contributed by atoms with Crippen LogP contribution in [0.5, 0.6) is 5.75 Å². The van der Waals surface area contributed by atoms with Gasteiger partial charge in [0.15, 0.2) is 5.82 Å². The van der Waals surface area contributed by atoms with Gasteiger partial charge >= 0.3 is 0 Å². The third kappa shape index (κ3) is 4.05. The zero-order valence-corrected chi connectivity index (χ0v) is 24.6. The highest BCUT2D eigenvalue weighted by Gasteiger charge is 2.47. The summed E-state index contributed by atoms with van der Waals surface area (Å²) in [5.41, 5.74) is 11.1. The lowest BCUT2D eigenvalue weighted by atomic mass is 10.1. The van der Waals surface area contributed by atoms with E-state index in [0.29, 0.717) is 46.5 Å². The number of nitriles is 1. The number of piperidine rings is 1. The zero-order valence-electron chi connectivity index (χ0n) is 24.6. The van der Waals surface area contributed by atoms with Gasteiger partial charge in [0.2, 0.25) is 0 Å². The number of hydrogen-bond donors (Lipinski definition) is 2. The Hall–Kier alpha value is -4.95. The number of carbonyl (C=O) groups is 1. The van der Waals surface area contributed by atoms with E-state index in [1.54, 1.807) is 19.4 Å². The number of likely N-dealkylation sites (tertiary alicyclic amines) is 1. The van der Waals surface area contributed by atoms with Crippen LogP contribution in [0.1, 0.15) is 41.6 Å². The minimum Gasteiger partial charge on any atom is -0.494 e. The lowest BCUT2D eigenvalue weighted by Gasteiger charge is -2.27. The van der Waals surface area contributed by atoms with Crippen LogP contribution in [-0.4, -0.2) is 60.6 Å². The second-order valence-electron chi connectivity index (χ2n) is 12.4. The fourth-order valence-corrected chi connectivity index (χ4v) is 7.20. The Morgan fingerprint density at radius 3 is 2.70 bits per heavy atom. The van der Waals surface area contributed by atoms with Gasteiger partial charge in [0.25, 0.3) is 11.5 Å².